The Hall–Kier alpha value is -2.72. The number of rotatable bonds is 16. The van der Waals surface area contributed by atoms with Crippen molar-refractivity contribution >= 4 is 11.8 Å². The molecule has 18 nitrogen and oxygen atoms in total. The predicted molar refractivity (Wildman–Crippen MR) is 230 cm³/mol. The number of carbonyl (C=O) groups excluding carboxylic acids is 2. The molecule has 2 saturated heterocycles. The average molecular weight is 897 g/mol. The van der Waals surface area contributed by atoms with E-state index in [9.17, 15) is 35.1 Å². The van der Waals surface area contributed by atoms with E-state index in [1.54, 1.807) is 50.5 Å². The van der Waals surface area contributed by atoms with Gasteiger partial charge in [-0.15, -0.1) is 5.10 Å². The quantitative estimate of drug-likeness (QED) is 0.118. The second-order valence-electron chi connectivity index (χ2n) is 17.9. The maximum Gasteiger partial charge on any atom is 0.308 e. The van der Waals surface area contributed by atoms with E-state index in [0.717, 1.165) is 17.7 Å². The van der Waals surface area contributed by atoms with Gasteiger partial charge in [0.15, 0.2) is 18.4 Å². The number of carbonyl (C=O) groups is 2. The second-order valence-corrected chi connectivity index (χ2v) is 17.9. The van der Waals surface area contributed by atoms with Crippen molar-refractivity contribution < 1.29 is 68.3 Å². The molecule has 0 amide bonds. The zero-order valence-corrected chi connectivity index (χ0v) is 38.9. The first kappa shape index (κ1) is 52.9. The average Bonchev–Trinajstić information content (AvgIpc) is 3.70. The van der Waals surface area contributed by atoms with E-state index in [4.69, 9.17) is 33.2 Å². The third-order valence-electron chi connectivity index (χ3n) is 12.9. The standard InChI is InChI=1S/C45H76N4O14/c1-11-35-31(24-59-45-43(58-10)42(57-9)39(55)29(6)61-45)20-25(2)15-16-33(51)26(3)21-30(17-18-49-23-32(46-47-49)14-12-13-19-50)41(27(4)34(52)22-36(53)62-35)63-44-40(56)37(48(7)8)38(54)28(5)60-44/h15-16,20,23,26-31,34-35,37-45,50,52,54-56H,11-14,17-19,21-22,24H2,1-10H3/t26-,27+,28-,29?,30+,31-,34-,35-,37?,38-,39-,40?,41-,42+,43?,44+,45-/m1/s1. The van der Waals surface area contributed by atoms with Crippen LogP contribution in [-0.4, -0.2) is 178 Å². The van der Waals surface area contributed by atoms with E-state index < -0.39 is 109 Å². The minimum atomic E-state index is -1.29. The van der Waals surface area contributed by atoms with Crippen LogP contribution in [0.2, 0.25) is 0 Å². The third-order valence-corrected chi connectivity index (χ3v) is 12.9. The Morgan fingerprint density at radius 3 is 2.24 bits per heavy atom. The van der Waals surface area contributed by atoms with Gasteiger partial charge in [0.2, 0.25) is 0 Å². The van der Waals surface area contributed by atoms with Gasteiger partial charge in [0.1, 0.15) is 30.5 Å². The lowest BCUT2D eigenvalue weighted by molar-refractivity contribution is -0.304. The number of cyclic esters (lactones) is 1. The lowest BCUT2D eigenvalue weighted by atomic mass is 9.79. The van der Waals surface area contributed by atoms with Crippen molar-refractivity contribution in [1.82, 2.24) is 19.9 Å². The van der Waals surface area contributed by atoms with Crippen molar-refractivity contribution in [3.05, 3.63) is 35.7 Å². The van der Waals surface area contributed by atoms with Crippen LogP contribution in [0.3, 0.4) is 0 Å². The Morgan fingerprint density at radius 2 is 1.59 bits per heavy atom. The van der Waals surface area contributed by atoms with Crippen molar-refractivity contribution in [3.8, 4) is 0 Å². The minimum Gasteiger partial charge on any atom is -0.462 e. The largest absolute Gasteiger partial charge is 0.462 e. The van der Waals surface area contributed by atoms with E-state index in [-0.39, 0.29) is 25.4 Å². The topological polar surface area (TPSA) is 234 Å². The molecule has 4 rings (SSSR count). The molecule has 1 aromatic rings. The van der Waals surface area contributed by atoms with Crippen LogP contribution < -0.4 is 0 Å². The van der Waals surface area contributed by atoms with Crippen LogP contribution in [0.1, 0.15) is 85.8 Å². The first-order chi connectivity index (χ1) is 29.9. The van der Waals surface area contributed by atoms with Gasteiger partial charge in [-0.3, -0.25) is 14.3 Å². The molecule has 360 valence electrons. The minimum absolute atomic E-state index is 0.0162. The fourth-order valence-electron chi connectivity index (χ4n) is 8.97. The molecule has 63 heavy (non-hydrogen) atoms. The summed E-state index contributed by atoms with van der Waals surface area (Å²) in [6.45, 7) is 11.2. The molecule has 0 bridgehead atoms. The van der Waals surface area contributed by atoms with Crippen molar-refractivity contribution in [2.24, 2.45) is 23.7 Å². The number of hydrogen-bond acceptors (Lipinski definition) is 17. The van der Waals surface area contributed by atoms with E-state index in [0.29, 0.717) is 38.6 Å². The summed E-state index contributed by atoms with van der Waals surface area (Å²) in [4.78, 5) is 29.5. The van der Waals surface area contributed by atoms with E-state index in [1.165, 1.54) is 20.3 Å². The van der Waals surface area contributed by atoms with E-state index in [2.05, 4.69) is 10.3 Å². The number of unbranched alkanes of at least 4 members (excludes halogenated alkanes) is 1. The fraction of sp³-hybridized carbons (Fsp3) is 0.822. The summed E-state index contributed by atoms with van der Waals surface area (Å²) in [6.07, 6.45) is -1.28. The van der Waals surface area contributed by atoms with E-state index in [1.807, 2.05) is 33.0 Å². The van der Waals surface area contributed by atoms with Crippen LogP contribution in [0.25, 0.3) is 0 Å². The molecule has 1 aromatic heterocycles. The molecule has 17 atom stereocenters. The summed E-state index contributed by atoms with van der Waals surface area (Å²) in [5.41, 5.74) is 1.50. The van der Waals surface area contributed by atoms with Gasteiger partial charge < -0.3 is 63.6 Å². The van der Waals surface area contributed by atoms with Gasteiger partial charge in [-0.25, -0.2) is 0 Å². The molecule has 2 fully saturated rings. The zero-order chi connectivity index (χ0) is 46.5. The number of hydrogen-bond donors (Lipinski definition) is 5. The number of aliphatic hydroxyl groups excluding tert-OH is 5. The SMILES string of the molecule is CC[C@H]1OC(=O)C[C@@H](O)[C@H](C)[C@@H](O[C@@H]2O[C@H](C)[C@@H](O)C(N(C)C)C2O)[C@@H](CCn2cc(CCCCO)nn2)C[C@@H](C)C(=O)C=CC(C)=C[C@@H]1CO[C@@H]1OC(C)[C@@H](O)[C@H](OC)C1OC. The highest BCUT2D eigenvalue weighted by atomic mass is 16.7. The summed E-state index contributed by atoms with van der Waals surface area (Å²) < 4.78 is 44.1. The first-order valence-electron chi connectivity index (χ1n) is 22.6. The predicted octanol–water partition coefficient (Wildman–Crippen LogP) is 1.97. The Kier molecular flexibility index (Phi) is 21.2. The second kappa shape index (κ2) is 25.3. The van der Waals surface area contributed by atoms with Crippen LogP contribution in [0.5, 0.6) is 0 Å². The molecule has 0 aromatic carbocycles. The summed E-state index contributed by atoms with van der Waals surface area (Å²) in [5.74, 6) is -3.02. The third kappa shape index (κ3) is 14.4. The van der Waals surface area contributed by atoms with Gasteiger partial charge in [-0.1, -0.05) is 43.7 Å². The van der Waals surface area contributed by atoms with Gasteiger partial charge in [0, 0.05) is 51.3 Å². The van der Waals surface area contributed by atoms with Crippen LogP contribution >= 0.6 is 0 Å². The number of ketones is 1. The van der Waals surface area contributed by atoms with Crippen LogP contribution in [-0.2, 0) is 55.7 Å². The van der Waals surface area contributed by atoms with Crippen molar-refractivity contribution in [1.29, 1.82) is 0 Å². The Labute approximate surface area is 372 Å². The monoisotopic (exact) mass is 897 g/mol. The van der Waals surface area contributed by atoms with Gasteiger partial charge in [-0.05, 0) is 85.4 Å². The molecule has 0 spiro atoms. The number of aryl methyl sites for hydroxylation is 2. The fourth-order valence-corrected chi connectivity index (χ4v) is 8.97. The molecular weight excluding hydrogens is 821 g/mol. The maximum absolute atomic E-state index is 14.0. The zero-order valence-electron chi connectivity index (χ0n) is 38.9. The number of nitrogens with zero attached hydrogens (tertiary/aromatic N) is 4. The van der Waals surface area contributed by atoms with Gasteiger partial charge >= 0.3 is 5.97 Å². The summed E-state index contributed by atoms with van der Waals surface area (Å²) >= 11 is 0. The Balaban J connectivity index is 1.69. The molecule has 0 aliphatic carbocycles. The normalized spacial score (nSPS) is 37.8. The number of likely N-dealkylation sites (N-methyl/N-ethyl adjacent to an activating group) is 1. The van der Waals surface area contributed by atoms with E-state index >= 15 is 0 Å². The Morgan fingerprint density at radius 1 is 0.905 bits per heavy atom. The van der Waals surface area contributed by atoms with Crippen LogP contribution in [0.15, 0.2) is 30.0 Å². The van der Waals surface area contributed by atoms with Gasteiger partial charge in [0.05, 0.1) is 55.3 Å². The van der Waals surface area contributed by atoms with Crippen molar-refractivity contribution in [3.63, 3.8) is 0 Å². The van der Waals surface area contributed by atoms with Crippen molar-refractivity contribution in [2.75, 3.05) is 41.5 Å². The highest BCUT2D eigenvalue weighted by molar-refractivity contribution is 5.91. The summed E-state index contributed by atoms with van der Waals surface area (Å²) in [5, 5.41) is 63.0. The number of allylic oxidation sites excluding steroid dienone is 3. The summed E-state index contributed by atoms with van der Waals surface area (Å²) in [7, 11) is 6.45. The molecule has 0 radical (unpaired) electrons. The number of ether oxygens (including phenoxy) is 7. The van der Waals surface area contributed by atoms with Crippen LogP contribution in [0.4, 0.5) is 0 Å². The molecule has 3 aliphatic rings. The number of esters is 1. The maximum atomic E-state index is 14.0. The first-order valence-corrected chi connectivity index (χ1v) is 22.6. The molecule has 0 saturated carbocycles. The highest BCUT2D eigenvalue weighted by Gasteiger charge is 2.48. The number of methoxy groups -OCH3 is 2. The lowest BCUT2D eigenvalue weighted by Gasteiger charge is -2.46. The molecule has 5 N–H and O–H groups in total. The lowest BCUT2D eigenvalue weighted by Crippen LogP contribution is -2.63. The van der Waals surface area contributed by atoms with Gasteiger partial charge in [-0.2, -0.15) is 0 Å². The number of aliphatic hydroxyl groups is 5. The van der Waals surface area contributed by atoms with Gasteiger partial charge in [0.25, 0.3) is 0 Å². The summed E-state index contributed by atoms with van der Waals surface area (Å²) in [6, 6.07) is -0.732. The molecule has 18 heteroatoms. The molecule has 4 unspecified atom stereocenters. The van der Waals surface area contributed by atoms with Crippen LogP contribution in [0, 0.1) is 23.7 Å². The highest BCUT2D eigenvalue weighted by Crippen LogP contribution is 2.35. The Bertz CT molecular complexity index is 1610. The molecule has 4 heterocycles. The molecule has 3 aliphatic heterocycles. The number of aromatic nitrogens is 3. The smallest absolute Gasteiger partial charge is 0.308 e. The molecular formula is C45H76N4O14. The van der Waals surface area contributed by atoms with Crippen molar-refractivity contribution in [2.45, 2.75) is 173 Å².